The first-order chi connectivity index (χ1) is 12.6. The zero-order chi connectivity index (χ0) is 18.1. The second-order valence-corrected chi connectivity index (χ2v) is 7.91. The number of carbonyl (C=O) groups is 1. The maximum atomic E-state index is 14.2. The molecule has 0 amide bonds. The minimum Gasteiger partial charge on any atom is -0.294 e. The molecule has 0 spiro atoms. The standard InChI is InChI=1S/C23H26FNO/c1-16-10-11-22(24)21(12-16)23(26)18-13-19-8-5-9-20(14-18)25(19)15-17-6-3-2-4-7-17/h2-4,6-7,10-12,18-20H,5,8-9,13-15H2,1H3. The summed E-state index contributed by atoms with van der Waals surface area (Å²) >= 11 is 0. The lowest BCUT2D eigenvalue weighted by molar-refractivity contribution is 0.00895. The minimum absolute atomic E-state index is 0.00228. The third-order valence-corrected chi connectivity index (χ3v) is 6.09. The lowest BCUT2D eigenvalue weighted by atomic mass is 9.75. The Morgan fingerprint density at radius 2 is 1.77 bits per heavy atom. The van der Waals surface area contributed by atoms with Gasteiger partial charge in [-0.3, -0.25) is 9.69 Å². The molecule has 0 aromatic heterocycles. The highest BCUT2D eigenvalue weighted by atomic mass is 19.1. The van der Waals surface area contributed by atoms with Crippen LogP contribution in [-0.2, 0) is 6.54 Å². The fraction of sp³-hybridized carbons (Fsp3) is 0.435. The zero-order valence-electron chi connectivity index (χ0n) is 15.3. The van der Waals surface area contributed by atoms with Crippen LogP contribution in [0.5, 0.6) is 0 Å². The molecule has 26 heavy (non-hydrogen) atoms. The molecule has 136 valence electrons. The van der Waals surface area contributed by atoms with Crippen LogP contribution in [-0.4, -0.2) is 22.8 Å². The van der Waals surface area contributed by atoms with E-state index in [1.54, 1.807) is 12.1 Å². The van der Waals surface area contributed by atoms with Crippen molar-refractivity contribution < 1.29 is 9.18 Å². The maximum absolute atomic E-state index is 14.2. The van der Waals surface area contributed by atoms with Gasteiger partial charge in [0, 0.05) is 24.5 Å². The van der Waals surface area contributed by atoms with Gasteiger partial charge in [0.25, 0.3) is 0 Å². The van der Waals surface area contributed by atoms with Crippen molar-refractivity contribution in [3.63, 3.8) is 0 Å². The summed E-state index contributed by atoms with van der Waals surface area (Å²) in [5.74, 6) is -0.423. The highest BCUT2D eigenvalue weighted by molar-refractivity contribution is 5.98. The normalized spacial score (nSPS) is 25.8. The molecule has 0 N–H and O–H groups in total. The molecule has 2 nitrogen and oxygen atoms in total. The van der Waals surface area contributed by atoms with Gasteiger partial charge in [0.1, 0.15) is 5.82 Å². The third-order valence-electron chi connectivity index (χ3n) is 6.09. The van der Waals surface area contributed by atoms with Gasteiger partial charge in [-0.15, -0.1) is 0 Å². The molecule has 2 bridgehead atoms. The van der Waals surface area contributed by atoms with E-state index in [0.29, 0.717) is 12.1 Å². The molecular formula is C23H26FNO. The average molecular weight is 351 g/mol. The van der Waals surface area contributed by atoms with Crippen molar-refractivity contribution in [2.75, 3.05) is 0 Å². The average Bonchev–Trinajstić information content (AvgIpc) is 2.64. The van der Waals surface area contributed by atoms with E-state index in [1.807, 2.05) is 13.0 Å². The van der Waals surface area contributed by atoms with Crippen molar-refractivity contribution in [3.8, 4) is 0 Å². The second-order valence-electron chi connectivity index (χ2n) is 7.91. The van der Waals surface area contributed by atoms with Gasteiger partial charge in [0.2, 0.25) is 0 Å². The number of Topliss-reactive ketones (excluding diaryl/α,β-unsaturated/α-hetero) is 1. The van der Waals surface area contributed by atoms with Crippen LogP contribution in [0.1, 0.15) is 53.6 Å². The number of aryl methyl sites for hydroxylation is 1. The number of piperidine rings is 2. The number of ketones is 1. The Kier molecular flexibility index (Phi) is 4.90. The van der Waals surface area contributed by atoms with Crippen LogP contribution in [0, 0.1) is 18.7 Å². The lowest BCUT2D eigenvalue weighted by Crippen LogP contribution is -2.52. The Morgan fingerprint density at radius 3 is 2.46 bits per heavy atom. The number of hydrogen-bond acceptors (Lipinski definition) is 2. The van der Waals surface area contributed by atoms with Crippen molar-refractivity contribution in [3.05, 3.63) is 71.0 Å². The first kappa shape index (κ1) is 17.4. The molecule has 2 aromatic carbocycles. The van der Waals surface area contributed by atoms with E-state index in [2.05, 4.69) is 29.2 Å². The smallest absolute Gasteiger partial charge is 0.169 e. The number of benzene rings is 2. The molecule has 2 fully saturated rings. The van der Waals surface area contributed by atoms with Crippen LogP contribution >= 0.6 is 0 Å². The first-order valence-corrected chi connectivity index (χ1v) is 9.72. The Morgan fingerprint density at radius 1 is 1.08 bits per heavy atom. The Hall–Kier alpha value is -2.00. The maximum Gasteiger partial charge on any atom is 0.169 e. The van der Waals surface area contributed by atoms with E-state index in [9.17, 15) is 9.18 Å². The molecule has 0 radical (unpaired) electrons. The summed E-state index contributed by atoms with van der Waals surface area (Å²) < 4.78 is 14.2. The summed E-state index contributed by atoms with van der Waals surface area (Å²) in [6.07, 6.45) is 5.23. The molecule has 2 aliphatic rings. The largest absolute Gasteiger partial charge is 0.294 e. The molecule has 2 atom stereocenters. The number of carbonyl (C=O) groups excluding carboxylic acids is 1. The summed E-state index contributed by atoms with van der Waals surface area (Å²) in [7, 11) is 0. The van der Waals surface area contributed by atoms with Crippen LogP contribution in [0.25, 0.3) is 0 Å². The van der Waals surface area contributed by atoms with E-state index in [-0.39, 0.29) is 23.1 Å². The molecule has 0 saturated carbocycles. The summed E-state index contributed by atoms with van der Waals surface area (Å²) in [5.41, 5.74) is 2.56. The van der Waals surface area contributed by atoms with Crippen molar-refractivity contribution in [1.82, 2.24) is 4.90 Å². The number of fused-ring (bicyclic) bond motifs is 2. The monoisotopic (exact) mass is 351 g/mol. The SMILES string of the molecule is Cc1ccc(F)c(C(=O)C2CC3CCCC(C2)N3Cc2ccccc2)c1. The van der Waals surface area contributed by atoms with E-state index in [1.165, 1.54) is 18.1 Å². The van der Waals surface area contributed by atoms with E-state index >= 15 is 0 Å². The fourth-order valence-electron chi connectivity index (χ4n) is 4.79. The van der Waals surface area contributed by atoms with E-state index in [0.717, 1.165) is 37.8 Å². The summed E-state index contributed by atoms with van der Waals surface area (Å²) in [5, 5.41) is 0. The van der Waals surface area contributed by atoms with Gasteiger partial charge in [-0.05, 0) is 50.3 Å². The van der Waals surface area contributed by atoms with Crippen LogP contribution in [0.15, 0.2) is 48.5 Å². The third kappa shape index (κ3) is 3.45. The molecule has 2 saturated heterocycles. The Bertz CT molecular complexity index is 774. The van der Waals surface area contributed by atoms with Gasteiger partial charge in [0.15, 0.2) is 5.78 Å². The van der Waals surface area contributed by atoms with Gasteiger partial charge in [-0.1, -0.05) is 48.4 Å². The predicted molar refractivity (Wildman–Crippen MR) is 102 cm³/mol. The predicted octanol–water partition coefficient (Wildman–Crippen LogP) is 5.15. The topological polar surface area (TPSA) is 20.3 Å². The molecule has 2 aromatic rings. The number of rotatable bonds is 4. The van der Waals surface area contributed by atoms with E-state index < -0.39 is 0 Å². The number of halogens is 1. The highest BCUT2D eigenvalue weighted by Crippen LogP contribution is 2.39. The van der Waals surface area contributed by atoms with Crippen molar-refractivity contribution in [2.24, 2.45) is 5.92 Å². The van der Waals surface area contributed by atoms with Crippen LogP contribution in [0.3, 0.4) is 0 Å². The second kappa shape index (κ2) is 7.32. The van der Waals surface area contributed by atoms with Crippen molar-refractivity contribution in [1.29, 1.82) is 0 Å². The minimum atomic E-state index is -0.377. The Labute approximate surface area is 155 Å². The molecule has 0 aliphatic carbocycles. The molecular weight excluding hydrogens is 325 g/mol. The Balaban J connectivity index is 1.52. The number of nitrogens with zero attached hydrogens (tertiary/aromatic N) is 1. The zero-order valence-corrected chi connectivity index (χ0v) is 15.3. The van der Waals surface area contributed by atoms with Crippen LogP contribution in [0.4, 0.5) is 4.39 Å². The number of hydrogen-bond donors (Lipinski definition) is 0. The fourth-order valence-corrected chi connectivity index (χ4v) is 4.79. The van der Waals surface area contributed by atoms with Crippen molar-refractivity contribution >= 4 is 5.78 Å². The lowest BCUT2D eigenvalue weighted by Gasteiger charge is -2.48. The summed E-state index contributed by atoms with van der Waals surface area (Å²) in [6.45, 7) is 2.86. The molecule has 2 heterocycles. The highest BCUT2D eigenvalue weighted by Gasteiger charge is 2.41. The van der Waals surface area contributed by atoms with Gasteiger partial charge in [-0.25, -0.2) is 4.39 Å². The molecule has 2 aliphatic heterocycles. The first-order valence-electron chi connectivity index (χ1n) is 9.72. The summed E-state index contributed by atoms with van der Waals surface area (Å²) in [4.78, 5) is 15.6. The van der Waals surface area contributed by atoms with Gasteiger partial charge in [-0.2, -0.15) is 0 Å². The molecule has 2 unspecified atom stereocenters. The summed E-state index contributed by atoms with van der Waals surface area (Å²) in [6, 6.07) is 16.3. The molecule has 3 heteroatoms. The van der Waals surface area contributed by atoms with Crippen molar-refractivity contribution in [2.45, 2.75) is 57.7 Å². The van der Waals surface area contributed by atoms with Crippen LogP contribution < -0.4 is 0 Å². The molecule has 4 rings (SSSR count). The van der Waals surface area contributed by atoms with E-state index in [4.69, 9.17) is 0 Å². The van der Waals surface area contributed by atoms with Crippen LogP contribution in [0.2, 0.25) is 0 Å². The van der Waals surface area contributed by atoms with Gasteiger partial charge < -0.3 is 0 Å². The quantitative estimate of drug-likeness (QED) is 0.710. The van der Waals surface area contributed by atoms with Gasteiger partial charge in [0.05, 0.1) is 5.56 Å². The van der Waals surface area contributed by atoms with Gasteiger partial charge >= 0.3 is 0 Å².